The maximum atomic E-state index is 5.79. The van der Waals surface area contributed by atoms with Crippen molar-refractivity contribution in [2.24, 2.45) is 0 Å². The Morgan fingerprint density at radius 1 is 1.03 bits per heavy atom. The van der Waals surface area contributed by atoms with Crippen molar-refractivity contribution < 1.29 is 18.9 Å². The predicted octanol–water partition coefficient (Wildman–Crippen LogP) is 2.84. The molecule has 1 N–H and O–H groups in total. The van der Waals surface area contributed by atoms with Crippen molar-refractivity contribution in [2.45, 2.75) is 13.0 Å². The van der Waals surface area contributed by atoms with Gasteiger partial charge in [-0.3, -0.25) is 4.98 Å². The van der Waals surface area contributed by atoms with Gasteiger partial charge in [-0.2, -0.15) is 5.10 Å². The van der Waals surface area contributed by atoms with E-state index in [0.717, 1.165) is 5.56 Å². The minimum atomic E-state index is -0.118. The molecule has 9 nitrogen and oxygen atoms in total. The van der Waals surface area contributed by atoms with Crippen LogP contribution in [-0.4, -0.2) is 54.1 Å². The zero-order valence-corrected chi connectivity index (χ0v) is 16.7. The van der Waals surface area contributed by atoms with Gasteiger partial charge in [0.1, 0.15) is 11.9 Å². The molecule has 3 rings (SSSR count). The van der Waals surface area contributed by atoms with Gasteiger partial charge in [0.15, 0.2) is 11.5 Å². The number of ether oxygens (including phenoxy) is 4. The van der Waals surface area contributed by atoms with Gasteiger partial charge in [0.2, 0.25) is 11.7 Å². The quantitative estimate of drug-likeness (QED) is 0.584. The summed E-state index contributed by atoms with van der Waals surface area (Å²) in [6.45, 7) is 2.44. The lowest BCUT2D eigenvalue weighted by atomic mass is 10.1. The highest BCUT2D eigenvalue weighted by Gasteiger charge is 2.15. The molecule has 9 heteroatoms. The summed E-state index contributed by atoms with van der Waals surface area (Å²) in [5.74, 6) is 2.67. The third-order valence-corrected chi connectivity index (χ3v) is 4.04. The van der Waals surface area contributed by atoms with E-state index < -0.39 is 0 Å². The number of benzene rings is 1. The van der Waals surface area contributed by atoms with E-state index in [1.165, 1.54) is 0 Å². The topological polar surface area (TPSA) is 101 Å². The molecular formula is C20H23N5O4. The Bertz CT molecular complexity index is 914. The fourth-order valence-electron chi connectivity index (χ4n) is 2.67. The molecule has 0 radical (unpaired) electrons. The van der Waals surface area contributed by atoms with Gasteiger partial charge < -0.3 is 24.3 Å². The smallest absolute Gasteiger partial charge is 0.243 e. The number of methoxy groups -OCH3 is 3. The third-order valence-electron chi connectivity index (χ3n) is 4.04. The van der Waals surface area contributed by atoms with Crippen LogP contribution in [0, 0.1) is 0 Å². The molecule has 0 bridgehead atoms. The van der Waals surface area contributed by atoms with Crippen molar-refractivity contribution >= 4 is 5.95 Å². The van der Waals surface area contributed by atoms with Crippen LogP contribution in [0.15, 0.2) is 42.9 Å². The molecule has 0 saturated heterocycles. The highest BCUT2D eigenvalue weighted by Crippen LogP contribution is 2.40. The number of aromatic nitrogens is 4. The number of hydrogen-bond acceptors (Lipinski definition) is 9. The van der Waals surface area contributed by atoms with Crippen LogP contribution in [0.3, 0.4) is 0 Å². The molecule has 2 aromatic heterocycles. The van der Waals surface area contributed by atoms with E-state index in [2.05, 4.69) is 25.5 Å². The van der Waals surface area contributed by atoms with Crippen LogP contribution in [0.1, 0.15) is 6.92 Å². The number of nitrogens with one attached hydrogen (secondary N) is 1. The van der Waals surface area contributed by atoms with Crippen LogP contribution >= 0.6 is 0 Å². The molecule has 0 aliphatic rings. The summed E-state index contributed by atoms with van der Waals surface area (Å²) >= 11 is 0. The molecular weight excluding hydrogens is 374 g/mol. The first-order valence-electron chi connectivity index (χ1n) is 8.95. The standard InChI is InChI=1S/C20H23N5O4/c1-13(29-15-6-5-7-21-11-15)10-22-20-24-16(12-23-25-20)14-8-17(26-2)19(28-4)18(9-14)27-3/h5-9,11-13H,10H2,1-4H3,(H,22,24,25)/t13-/m1/s1. The van der Waals surface area contributed by atoms with Gasteiger partial charge in [0.25, 0.3) is 0 Å². The largest absolute Gasteiger partial charge is 0.493 e. The van der Waals surface area contributed by atoms with Gasteiger partial charge in [-0.05, 0) is 31.2 Å². The molecule has 152 valence electrons. The summed E-state index contributed by atoms with van der Waals surface area (Å²) in [6.07, 6.45) is 4.82. The summed E-state index contributed by atoms with van der Waals surface area (Å²) in [6, 6.07) is 7.29. The van der Waals surface area contributed by atoms with Gasteiger partial charge in [-0.25, -0.2) is 4.98 Å². The Balaban J connectivity index is 1.74. The van der Waals surface area contributed by atoms with Gasteiger partial charge in [-0.1, -0.05) is 0 Å². The normalized spacial score (nSPS) is 11.4. The van der Waals surface area contributed by atoms with Crippen LogP contribution < -0.4 is 24.3 Å². The van der Waals surface area contributed by atoms with Crippen molar-refractivity contribution in [1.82, 2.24) is 20.2 Å². The van der Waals surface area contributed by atoms with Crippen molar-refractivity contribution in [3.05, 3.63) is 42.9 Å². The molecule has 29 heavy (non-hydrogen) atoms. The van der Waals surface area contributed by atoms with Crippen LogP contribution in [-0.2, 0) is 0 Å². The van der Waals surface area contributed by atoms with Crippen molar-refractivity contribution in [3.8, 4) is 34.3 Å². The van der Waals surface area contributed by atoms with Gasteiger partial charge in [-0.15, -0.1) is 5.10 Å². The maximum Gasteiger partial charge on any atom is 0.243 e. The van der Waals surface area contributed by atoms with Crippen molar-refractivity contribution in [2.75, 3.05) is 33.2 Å². The van der Waals surface area contributed by atoms with E-state index in [1.54, 1.807) is 39.9 Å². The molecule has 0 aliphatic carbocycles. The van der Waals surface area contributed by atoms with Crippen molar-refractivity contribution in [1.29, 1.82) is 0 Å². The molecule has 0 fully saturated rings. The second-order valence-electron chi connectivity index (χ2n) is 6.08. The van der Waals surface area contributed by atoms with Crippen molar-refractivity contribution in [3.63, 3.8) is 0 Å². The summed E-state index contributed by atoms with van der Waals surface area (Å²) in [5.41, 5.74) is 1.37. The fraction of sp³-hybridized carbons (Fsp3) is 0.300. The Labute approximate surface area is 169 Å². The van der Waals surface area contributed by atoms with Gasteiger partial charge in [0, 0.05) is 11.8 Å². The molecule has 0 unspecified atom stereocenters. The van der Waals surface area contributed by atoms with Crippen LogP contribution in [0.25, 0.3) is 11.3 Å². The Morgan fingerprint density at radius 2 is 1.79 bits per heavy atom. The van der Waals surface area contributed by atoms with Crippen LogP contribution in [0.5, 0.6) is 23.0 Å². The second kappa shape index (κ2) is 9.54. The van der Waals surface area contributed by atoms with Crippen LogP contribution in [0.4, 0.5) is 5.95 Å². The van der Waals surface area contributed by atoms with E-state index >= 15 is 0 Å². The minimum Gasteiger partial charge on any atom is -0.493 e. The number of pyridine rings is 1. The maximum absolute atomic E-state index is 5.79. The molecule has 0 spiro atoms. The molecule has 0 amide bonds. The third kappa shape index (κ3) is 5.01. The first-order chi connectivity index (χ1) is 14.1. The average molecular weight is 397 g/mol. The highest BCUT2D eigenvalue weighted by molar-refractivity contribution is 5.68. The molecule has 3 aromatic rings. The summed E-state index contributed by atoms with van der Waals surface area (Å²) in [5, 5.41) is 11.2. The number of hydrogen-bond donors (Lipinski definition) is 1. The molecule has 1 atom stereocenters. The van der Waals surface area contributed by atoms with Crippen LogP contribution in [0.2, 0.25) is 0 Å². The van der Waals surface area contributed by atoms with E-state index in [4.69, 9.17) is 18.9 Å². The first-order valence-corrected chi connectivity index (χ1v) is 8.95. The molecule has 1 aromatic carbocycles. The Morgan fingerprint density at radius 3 is 2.41 bits per heavy atom. The zero-order valence-electron chi connectivity index (χ0n) is 16.7. The van der Waals surface area contributed by atoms with E-state index in [1.807, 2.05) is 31.2 Å². The lowest BCUT2D eigenvalue weighted by molar-refractivity contribution is 0.233. The Hall–Kier alpha value is -3.62. The lowest BCUT2D eigenvalue weighted by Gasteiger charge is -2.15. The predicted molar refractivity (Wildman–Crippen MR) is 108 cm³/mol. The zero-order chi connectivity index (χ0) is 20.6. The summed E-state index contributed by atoms with van der Waals surface area (Å²) in [4.78, 5) is 8.56. The van der Waals surface area contributed by atoms with E-state index in [0.29, 0.717) is 41.2 Å². The molecule has 0 aliphatic heterocycles. The van der Waals surface area contributed by atoms with Gasteiger partial charge in [0.05, 0.1) is 46.0 Å². The van der Waals surface area contributed by atoms with Gasteiger partial charge >= 0.3 is 0 Å². The number of nitrogens with zero attached hydrogens (tertiary/aromatic N) is 4. The Kier molecular flexibility index (Phi) is 6.62. The molecule has 2 heterocycles. The lowest BCUT2D eigenvalue weighted by Crippen LogP contribution is -2.23. The highest BCUT2D eigenvalue weighted by atomic mass is 16.5. The summed E-state index contributed by atoms with van der Waals surface area (Å²) in [7, 11) is 4.69. The monoisotopic (exact) mass is 397 g/mol. The fourth-order valence-corrected chi connectivity index (χ4v) is 2.67. The van der Waals surface area contributed by atoms with E-state index in [-0.39, 0.29) is 6.10 Å². The SMILES string of the molecule is COc1cc(-c2cnnc(NC[C@@H](C)Oc3cccnc3)n2)cc(OC)c1OC. The average Bonchev–Trinajstić information content (AvgIpc) is 2.77. The number of anilines is 1. The molecule has 0 saturated carbocycles. The first kappa shape index (κ1) is 20.1. The minimum absolute atomic E-state index is 0.118. The second-order valence-corrected chi connectivity index (χ2v) is 6.08. The summed E-state index contributed by atoms with van der Waals surface area (Å²) < 4.78 is 21.9. The van der Waals surface area contributed by atoms with E-state index in [9.17, 15) is 0 Å². The number of rotatable bonds is 9.